The van der Waals surface area contributed by atoms with E-state index in [0.717, 1.165) is 36.0 Å². The number of carbonyl (C=O) groups excluding carboxylic acids is 1. The molecule has 0 saturated carbocycles. The fraction of sp³-hybridized carbons (Fsp3) is 0.300. The van der Waals surface area contributed by atoms with Gasteiger partial charge in [0.1, 0.15) is 11.6 Å². The molecule has 2 aromatic carbocycles. The highest BCUT2D eigenvalue weighted by atomic mass is 79.9. The maximum absolute atomic E-state index is 14.4. The van der Waals surface area contributed by atoms with E-state index in [9.17, 15) is 9.18 Å². The van der Waals surface area contributed by atoms with Gasteiger partial charge in [-0.1, -0.05) is 22.0 Å². The lowest BCUT2D eigenvalue weighted by molar-refractivity contribution is -0.123. The quantitative estimate of drug-likeness (QED) is 0.552. The Bertz CT molecular complexity index is 851. The molecule has 5 nitrogen and oxygen atoms in total. The van der Waals surface area contributed by atoms with Gasteiger partial charge < -0.3 is 9.64 Å². The first kappa shape index (κ1) is 19.4. The van der Waals surface area contributed by atoms with E-state index in [4.69, 9.17) is 4.74 Å². The molecule has 2 aromatic rings. The second-order valence-electron chi connectivity index (χ2n) is 6.39. The minimum absolute atomic E-state index is 0.158. The highest BCUT2D eigenvalue weighted by molar-refractivity contribution is 9.10. The van der Waals surface area contributed by atoms with Crippen molar-refractivity contribution in [2.45, 2.75) is 19.8 Å². The van der Waals surface area contributed by atoms with E-state index in [1.54, 1.807) is 12.1 Å². The maximum Gasteiger partial charge on any atom is 0.277 e. The molecular weight excluding hydrogens is 413 g/mol. The monoisotopic (exact) mass is 433 g/mol. The van der Waals surface area contributed by atoms with Crippen LogP contribution >= 0.6 is 15.9 Å². The van der Waals surface area contributed by atoms with Crippen LogP contribution in [-0.4, -0.2) is 31.8 Å². The van der Waals surface area contributed by atoms with Gasteiger partial charge in [0.05, 0.1) is 11.9 Å². The molecule has 0 unspecified atom stereocenters. The number of hydrazone groups is 1. The molecule has 1 saturated heterocycles. The number of anilines is 1. The molecular formula is C20H21BrFN3O2. The Hall–Kier alpha value is -2.41. The van der Waals surface area contributed by atoms with Crippen LogP contribution < -0.4 is 15.1 Å². The molecule has 1 N–H and O–H groups in total. The number of ether oxygens (including phenoxy) is 1. The summed E-state index contributed by atoms with van der Waals surface area (Å²) < 4.78 is 20.6. The molecule has 0 radical (unpaired) electrons. The average Bonchev–Trinajstić information content (AvgIpc) is 3.17. The van der Waals surface area contributed by atoms with Crippen molar-refractivity contribution in [2.75, 3.05) is 24.6 Å². The van der Waals surface area contributed by atoms with Crippen LogP contribution in [0.2, 0.25) is 0 Å². The van der Waals surface area contributed by atoms with E-state index in [1.807, 2.05) is 25.1 Å². The summed E-state index contributed by atoms with van der Waals surface area (Å²) in [7, 11) is 0. The van der Waals surface area contributed by atoms with Gasteiger partial charge in [-0.25, -0.2) is 9.82 Å². The van der Waals surface area contributed by atoms with Crippen LogP contribution in [0.5, 0.6) is 5.75 Å². The lowest BCUT2D eigenvalue weighted by atomic mass is 10.1. The third-order valence-corrected chi connectivity index (χ3v) is 4.83. The van der Waals surface area contributed by atoms with Crippen LogP contribution in [-0.2, 0) is 4.79 Å². The Morgan fingerprint density at radius 3 is 2.85 bits per heavy atom. The molecule has 1 heterocycles. The number of rotatable bonds is 6. The maximum atomic E-state index is 14.4. The summed E-state index contributed by atoms with van der Waals surface area (Å²) >= 11 is 3.34. The lowest BCUT2D eigenvalue weighted by Gasteiger charge is -2.19. The summed E-state index contributed by atoms with van der Waals surface area (Å²) in [5.74, 6) is -0.0785. The molecule has 0 aromatic heterocycles. The Balaban J connectivity index is 1.55. The first-order valence-electron chi connectivity index (χ1n) is 8.78. The number of amides is 1. The molecule has 0 bridgehead atoms. The molecule has 1 aliphatic rings. The molecule has 0 aliphatic carbocycles. The lowest BCUT2D eigenvalue weighted by Crippen LogP contribution is -2.24. The number of nitrogens with one attached hydrogen (secondary N) is 1. The van der Waals surface area contributed by atoms with Gasteiger partial charge in [-0.05, 0) is 55.7 Å². The van der Waals surface area contributed by atoms with Crippen molar-refractivity contribution in [3.63, 3.8) is 0 Å². The van der Waals surface area contributed by atoms with Gasteiger partial charge in [0, 0.05) is 23.1 Å². The van der Waals surface area contributed by atoms with E-state index >= 15 is 0 Å². The minimum atomic E-state index is -0.391. The van der Waals surface area contributed by atoms with Crippen molar-refractivity contribution in [3.05, 3.63) is 57.8 Å². The number of nitrogens with zero attached hydrogens (tertiary/aromatic N) is 2. The fourth-order valence-corrected chi connectivity index (χ4v) is 3.31. The summed E-state index contributed by atoms with van der Waals surface area (Å²) in [4.78, 5) is 13.9. The number of hydrogen-bond acceptors (Lipinski definition) is 4. The highest BCUT2D eigenvalue weighted by Crippen LogP contribution is 2.26. The summed E-state index contributed by atoms with van der Waals surface area (Å²) in [5.41, 5.74) is 4.56. The molecule has 0 atom stereocenters. The molecule has 1 amide bonds. The first-order chi connectivity index (χ1) is 13.0. The largest absolute Gasteiger partial charge is 0.484 e. The second-order valence-corrected chi connectivity index (χ2v) is 7.31. The predicted molar refractivity (Wildman–Crippen MR) is 108 cm³/mol. The van der Waals surface area contributed by atoms with Crippen molar-refractivity contribution in [3.8, 4) is 5.75 Å². The van der Waals surface area contributed by atoms with Crippen molar-refractivity contribution >= 4 is 33.7 Å². The number of hydrogen-bond donors (Lipinski definition) is 1. The molecule has 0 spiro atoms. The van der Waals surface area contributed by atoms with Crippen LogP contribution in [0.25, 0.3) is 0 Å². The Morgan fingerprint density at radius 1 is 1.33 bits per heavy atom. The van der Waals surface area contributed by atoms with E-state index in [-0.39, 0.29) is 12.4 Å². The van der Waals surface area contributed by atoms with E-state index in [2.05, 4.69) is 31.4 Å². The molecule has 142 valence electrons. The number of carbonyl (C=O) groups is 1. The van der Waals surface area contributed by atoms with Gasteiger partial charge in [-0.2, -0.15) is 5.10 Å². The van der Waals surface area contributed by atoms with Crippen LogP contribution in [0.4, 0.5) is 10.1 Å². The van der Waals surface area contributed by atoms with Gasteiger partial charge in [0.2, 0.25) is 0 Å². The SMILES string of the molecule is Cc1cc(N2CCCC2)c(F)cc1/C=N/NC(=O)COc1cccc(Br)c1. The number of halogens is 2. The van der Waals surface area contributed by atoms with Crippen molar-refractivity contribution < 1.29 is 13.9 Å². The van der Waals surface area contributed by atoms with Gasteiger partial charge in [-0.15, -0.1) is 0 Å². The van der Waals surface area contributed by atoms with Crippen molar-refractivity contribution in [1.82, 2.24) is 5.43 Å². The Labute approximate surface area is 166 Å². The number of benzene rings is 2. The van der Waals surface area contributed by atoms with E-state index in [1.165, 1.54) is 12.3 Å². The topological polar surface area (TPSA) is 53.9 Å². The van der Waals surface area contributed by atoms with Crippen LogP contribution in [0.1, 0.15) is 24.0 Å². The van der Waals surface area contributed by atoms with Crippen molar-refractivity contribution in [1.29, 1.82) is 0 Å². The molecule has 7 heteroatoms. The smallest absolute Gasteiger partial charge is 0.277 e. The minimum Gasteiger partial charge on any atom is -0.484 e. The third-order valence-electron chi connectivity index (χ3n) is 4.34. The zero-order valence-electron chi connectivity index (χ0n) is 15.0. The van der Waals surface area contributed by atoms with Gasteiger partial charge >= 0.3 is 0 Å². The van der Waals surface area contributed by atoms with Gasteiger partial charge in [0.25, 0.3) is 5.91 Å². The summed E-state index contributed by atoms with van der Waals surface area (Å²) in [6.45, 7) is 3.52. The van der Waals surface area contributed by atoms with Gasteiger partial charge in [-0.3, -0.25) is 4.79 Å². The zero-order chi connectivity index (χ0) is 19.2. The first-order valence-corrected chi connectivity index (χ1v) is 9.57. The molecule has 3 rings (SSSR count). The predicted octanol–water partition coefficient (Wildman–Crippen LogP) is 4.03. The molecule has 1 fully saturated rings. The summed E-state index contributed by atoms with van der Waals surface area (Å²) in [6.07, 6.45) is 3.63. The molecule has 27 heavy (non-hydrogen) atoms. The Morgan fingerprint density at radius 2 is 2.11 bits per heavy atom. The Kier molecular flexibility index (Phi) is 6.45. The van der Waals surface area contributed by atoms with Gasteiger partial charge in [0.15, 0.2) is 6.61 Å². The van der Waals surface area contributed by atoms with Crippen LogP contribution in [0.3, 0.4) is 0 Å². The second kappa shape index (κ2) is 8.99. The fourth-order valence-electron chi connectivity index (χ4n) is 2.93. The zero-order valence-corrected chi connectivity index (χ0v) is 16.6. The highest BCUT2D eigenvalue weighted by Gasteiger charge is 2.17. The van der Waals surface area contributed by atoms with E-state index in [0.29, 0.717) is 17.0 Å². The van der Waals surface area contributed by atoms with E-state index < -0.39 is 5.91 Å². The van der Waals surface area contributed by atoms with Crippen molar-refractivity contribution in [2.24, 2.45) is 5.10 Å². The normalized spacial score (nSPS) is 14.0. The molecule has 1 aliphatic heterocycles. The van der Waals surface area contributed by atoms with Crippen LogP contribution in [0, 0.1) is 12.7 Å². The number of aryl methyl sites for hydroxylation is 1. The summed E-state index contributed by atoms with van der Waals surface area (Å²) in [5, 5.41) is 3.91. The third kappa shape index (κ3) is 5.29. The summed E-state index contributed by atoms with van der Waals surface area (Å²) in [6, 6.07) is 10.5. The standard InChI is InChI=1S/C20H21BrFN3O2/c1-14-9-19(25-7-2-3-8-25)18(22)10-15(14)12-23-24-20(26)13-27-17-6-4-5-16(21)11-17/h4-6,9-12H,2-3,7-8,13H2,1H3,(H,24,26)/b23-12+. The van der Waals surface area contributed by atoms with Crippen LogP contribution in [0.15, 0.2) is 46.0 Å². The average molecular weight is 434 g/mol.